The number of benzene rings is 2. The lowest BCUT2D eigenvalue weighted by atomic mass is 10.1. The second-order valence-corrected chi connectivity index (χ2v) is 7.30. The lowest BCUT2D eigenvalue weighted by Crippen LogP contribution is -2.05. The van der Waals surface area contributed by atoms with Crippen LogP contribution in [0.1, 0.15) is 11.1 Å². The van der Waals surface area contributed by atoms with Gasteiger partial charge in [-0.05, 0) is 23.3 Å². The molecule has 0 saturated heterocycles. The van der Waals surface area contributed by atoms with E-state index in [0.29, 0.717) is 18.8 Å². The average Bonchev–Trinajstić information content (AvgIpc) is 2.52. The number of nitrogens with zero attached hydrogens (tertiary/aromatic N) is 1. The Morgan fingerprint density at radius 1 is 1.17 bits per heavy atom. The van der Waals surface area contributed by atoms with Crippen LogP contribution in [0.4, 0.5) is 11.4 Å². The first kappa shape index (κ1) is 17.9. The van der Waals surface area contributed by atoms with E-state index < -0.39 is 20.4 Å². The van der Waals surface area contributed by atoms with E-state index in [9.17, 15) is 18.5 Å². The summed E-state index contributed by atoms with van der Waals surface area (Å²) < 4.78 is 28.6. The molecule has 24 heavy (non-hydrogen) atoms. The third kappa shape index (κ3) is 4.53. The van der Waals surface area contributed by atoms with Crippen LogP contribution in [0.5, 0.6) is 0 Å². The van der Waals surface area contributed by atoms with E-state index in [1.165, 1.54) is 18.2 Å². The number of nitrogens with one attached hydrogen (secondary N) is 1. The zero-order valence-electron chi connectivity index (χ0n) is 13.4. The van der Waals surface area contributed by atoms with Gasteiger partial charge in [-0.2, -0.15) is 0 Å². The highest BCUT2D eigenvalue weighted by Crippen LogP contribution is 2.27. The molecular weight excluding hydrogens is 332 g/mol. The summed E-state index contributed by atoms with van der Waals surface area (Å²) in [6.45, 7) is 0.960. The summed E-state index contributed by atoms with van der Waals surface area (Å²) in [4.78, 5) is 9.97. The van der Waals surface area contributed by atoms with Crippen LogP contribution in [0.3, 0.4) is 0 Å². The topological polar surface area (TPSA) is 98.5 Å². The average molecular weight is 350 g/mol. The van der Waals surface area contributed by atoms with Gasteiger partial charge >= 0.3 is 0 Å². The molecule has 7 nitrogen and oxygen atoms in total. The molecule has 2 aromatic rings. The third-order valence-electron chi connectivity index (χ3n) is 3.36. The SMILES string of the molecule is COCc1cccc(CNc2ccc([N+](=O)[O-])c(S(C)(=O)=O)c2)c1. The van der Waals surface area contributed by atoms with Crippen LogP contribution >= 0.6 is 0 Å². The molecule has 0 aliphatic heterocycles. The van der Waals surface area contributed by atoms with Gasteiger partial charge in [0.1, 0.15) is 4.90 Å². The van der Waals surface area contributed by atoms with Gasteiger partial charge in [0.25, 0.3) is 5.69 Å². The number of nitro benzene ring substituents is 1. The number of hydrogen-bond donors (Lipinski definition) is 1. The quantitative estimate of drug-likeness (QED) is 0.609. The van der Waals surface area contributed by atoms with Crippen molar-refractivity contribution in [3.63, 3.8) is 0 Å². The second kappa shape index (κ2) is 7.41. The second-order valence-electron chi connectivity index (χ2n) is 5.32. The molecule has 0 aliphatic carbocycles. The summed E-state index contributed by atoms with van der Waals surface area (Å²) >= 11 is 0. The van der Waals surface area contributed by atoms with Gasteiger partial charge in [-0.25, -0.2) is 8.42 Å². The zero-order valence-corrected chi connectivity index (χ0v) is 14.2. The number of hydrogen-bond acceptors (Lipinski definition) is 6. The van der Waals surface area contributed by atoms with Gasteiger partial charge in [0.2, 0.25) is 0 Å². The summed E-state index contributed by atoms with van der Waals surface area (Å²) in [5.41, 5.74) is 2.09. The largest absolute Gasteiger partial charge is 0.381 e. The van der Waals surface area contributed by atoms with Gasteiger partial charge in [-0.1, -0.05) is 24.3 Å². The summed E-state index contributed by atoms with van der Waals surface area (Å²) in [6.07, 6.45) is 0.952. The van der Waals surface area contributed by atoms with E-state index in [1.807, 2.05) is 24.3 Å². The molecule has 8 heteroatoms. The normalized spacial score (nSPS) is 11.2. The van der Waals surface area contributed by atoms with Crippen LogP contribution in [0.15, 0.2) is 47.4 Å². The Morgan fingerprint density at radius 3 is 2.50 bits per heavy atom. The monoisotopic (exact) mass is 350 g/mol. The van der Waals surface area contributed by atoms with Crippen molar-refractivity contribution in [1.82, 2.24) is 0 Å². The summed E-state index contributed by atoms with van der Waals surface area (Å²) in [5, 5.41) is 14.0. The third-order valence-corrected chi connectivity index (χ3v) is 4.48. The van der Waals surface area contributed by atoms with Crippen molar-refractivity contribution in [2.75, 3.05) is 18.7 Å². The molecule has 0 amide bonds. The fraction of sp³-hybridized carbons (Fsp3) is 0.250. The first-order chi connectivity index (χ1) is 11.3. The van der Waals surface area contributed by atoms with Crippen LogP contribution in [0, 0.1) is 10.1 Å². The fourth-order valence-corrected chi connectivity index (χ4v) is 3.14. The van der Waals surface area contributed by atoms with Gasteiger partial charge in [0, 0.05) is 31.7 Å². The molecule has 0 fully saturated rings. The van der Waals surface area contributed by atoms with Crippen molar-refractivity contribution in [1.29, 1.82) is 0 Å². The smallest absolute Gasteiger partial charge is 0.288 e. The van der Waals surface area contributed by atoms with E-state index in [0.717, 1.165) is 17.4 Å². The Kier molecular flexibility index (Phi) is 5.53. The van der Waals surface area contributed by atoms with Gasteiger partial charge in [-0.3, -0.25) is 10.1 Å². The Bertz CT molecular complexity index is 849. The van der Waals surface area contributed by atoms with Crippen molar-refractivity contribution >= 4 is 21.2 Å². The molecule has 0 unspecified atom stereocenters. The lowest BCUT2D eigenvalue weighted by Gasteiger charge is -2.09. The molecule has 0 radical (unpaired) electrons. The molecule has 0 saturated carbocycles. The van der Waals surface area contributed by atoms with E-state index >= 15 is 0 Å². The maximum absolute atomic E-state index is 11.8. The Labute approximate surface area is 140 Å². The molecule has 0 aromatic heterocycles. The maximum Gasteiger partial charge on any atom is 0.288 e. The van der Waals surface area contributed by atoms with E-state index in [2.05, 4.69) is 5.32 Å². The van der Waals surface area contributed by atoms with Crippen molar-refractivity contribution in [2.45, 2.75) is 18.0 Å². The fourth-order valence-electron chi connectivity index (χ4n) is 2.27. The molecular formula is C16H18N2O5S. The number of nitro groups is 1. The zero-order chi connectivity index (χ0) is 17.7. The molecule has 2 aromatic carbocycles. The molecule has 128 valence electrons. The van der Waals surface area contributed by atoms with Gasteiger partial charge < -0.3 is 10.1 Å². The first-order valence-electron chi connectivity index (χ1n) is 7.10. The molecule has 0 aliphatic rings. The minimum absolute atomic E-state index is 0.300. The number of rotatable bonds is 7. The van der Waals surface area contributed by atoms with Crippen molar-refractivity contribution in [3.8, 4) is 0 Å². The number of anilines is 1. The molecule has 0 atom stereocenters. The number of sulfone groups is 1. The predicted molar refractivity (Wildman–Crippen MR) is 90.7 cm³/mol. The lowest BCUT2D eigenvalue weighted by molar-refractivity contribution is -0.387. The molecule has 1 N–H and O–H groups in total. The van der Waals surface area contributed by atoms with Crippen LogP contribution < -0.4 is 5.32 Å². The van der Waals surface area contributed by atoms with Crippen LogP contribution in [-0.2, 0) is 27.7 Å². The van der Waals surface area contributed by atoms with Gasteiger partial charge in [-0.15, -0.1) is 0 Å². The standard InChI is InChI=1S/C16H18N2O5S/c1-23-11-13-5-3-4-12(8-13)10-17-14-6-7-15(18(19)20)16(9-14)24(2,21)22/h3-9,17H,10-11H2,1-2H3. The van der Waals surface area contributed by atoms with Crippen molar-refractivity contribution in [2.24, 2.45) is 0 Å². The van der Waals surface area contributed by atoms with Gasteiger partial charge in [0.15, 0.2) is 9.84 Å². The van der Waals surface area contributed by atoms with Crippen LogP contribution in [-0.4, -0.2) is 26.7 Å². The Balaban J connectivity index is 2.22. The maximum atomic E-state index is 11.8. The Morgan fingerprint density at radius 2 is 1.88 bits per heavy atom. The summed E-state index contributed by atoms with van der Waals surface area (Å²) in [6, 6.07) is 11.7. The summed E-state index contributed by atoms with van der Waals surface area (Å²) in [5.74, 6) is 0. The Hall–Kier alpha value is -2.45. The van der Waals surface area contributed by atoms with Crippen molar-refractivity contribution < 1.29 is 18.1 Å². The number of methoxy groups -OCH3 is 1. The highest BCUT2D eigenvalue weighted by atomic mass is 32.2. The van der Waals surface area contributed by atoms with Crippen molar-refractivity contribution in [3.05, 3.63) is 63.7 Å². The highest BCUT2D eigenvalue weighted by Gasteiger charge is 2.22. The van der Waals surface area contributed by atoms with E-state index in [4.69, 9.17) is 4.74 Å². The highest BCUT2D eigenvalue weighted by molar-refractivity contribution is 7.90. The van der Waals surface area contributed by atoms with Gasteiger partial charge in [0.05, 0.1) is 11.5 Å². The van der Waals surface area contributed by atoms with E-state index in [1.54, 1.807) is 7.11 Å². The molecule has 0 bridgehead atoms. The van der Waals surface area contributed by atoms with Crippen LogP contribution in [0.25, 0.3) is 0 Å². The van der Waals surface area contributed by atoms with Crippen LogP contribution in [0.2, 0.25) is 0 Å². The minimum Gasteiger partial charge on any atom is -0.381 e. The summed E-state index contributed by atoms with van der Waals surface area (Å²) in [7, 11) is -2.08. The first-order valence-corrected chi connectivity index (χ1v) is 8.99. The molecule has 0 spiro atoms. The minimum atomic E-state index is -3.70. The molecule has 0 heterocycles. The van der Waals surface area contributed by atoms with E-state index in [-0.39, 0.29) is 4.90 Å². The number of ether oxygens (including phenoxy) is 1. The predicted octanol–water partition coefficient (Wildman–Crippen LogP) is 2.76. The molecule has 2 rings (SSSR count).